The van der Waals surface area contributed by atoms with Gasteiger partial charge in [0.25, 0.3) is 0 Å². The number of piperidine rings is 1. The lowest BCUT2D eigenvalue weighted by atomic mass is 9.73. The van der Waals surface area contributed by atoms with Crippen molar-refractivity contribution < 1.29 is 9.32 Å². The zero-order valence-corrected chi connectivity index (χ0v) is 22.7. The zero-order chi connectivity index (χ0) is 26.2. The normalized spacial score (nSPS) is 19.4. The first kappa shape index (κ1) is 25.6. The third-order valence-electron chi connectivity index (χ3n) is 7.36. The SMILES string of the molecule is Cn1cnc(C#Cc2cnc(N3CCC4(CC3)Cc3ccccc3[C@H]4NS(=O)C(C)(C)C)c(CO)n2)c1. The van der Waals surface area contributed by atoms with E-state index in [0.29, 0.717) is 22.9 Å². The maximum Gasteiger partial charge on any atom is 0.152 e. The average Bonchev–Trinajstić information content (AvgIpc) is 3.43. The van der Waals surface area contributed by atoms with Gasteiger partial charge in [0, 0.05) is 26.3 Å². The largest absolute Gasteiger partial charge is 0.390 e. The molecule has 37 heavy (non-hydrogen) atoms. The van der Waals surface area contributed by atoms with Crippen molar-refractivity contribution in [1.29, 1.82) is 0 Å². The second kappa shape index (κ2) is 10.0. The van der Waals surface area contributed by atoms with E-state index in [1.807, 2.05) is 38.6 Å². The molecule has 1 aliphatic heterocycles. The molecule has 0 saturated carbocycles. The monoisotopic (exact) mass is 518 g/mol. The lowest BCUT2D eigenvalue weighted by Gasteiger charge is -2.44. The van der Waals surface area contributed by atoms with Crippen LogP contribution in [0.4, 0.5) is 5.82 Å². The number of benzene rings is 1. The highest BCUT2D eigenvalue weighted by Gasteiger charge is 2.49. The Bertz CT molecular complexity index is 1380. The number of imidazole rings is 1. The molecule has 1 aromatic carbocycles. The topological polar surface area (TPSA) is 96.2 Å². The van der Waals surface area contributed by atoms with Crippen LogP contribution < -0.4 is 9.62 Å². The lowest BCUT2D eigenvalue weighted by molar-refractivity contribution is 0.177. The van der Waals surface area contributed by atoms with Crippen molar-refractivity contribution in [2.75, 3.05) is 18.0 Å². The van der Waals surface area contributed by atoms with Gasteiger partial charge in [-0.3, -0.25) is 0 Å². The number of fused-ring (bicyclic) bond motifs is 1. The molecule has 1 aliphatic carbocycles. The predicted octanol–water partition coefficient (Wildman–Crippen LogP) is 3.04. The van der Waals surface area contributed by atoms with Crippen molar-refractivity contribution >= 4 is 16.8 Å². The number of nitrogens with one attached hydrogen (secondary N) is 1. The van der Waals surface area contributed by atoms with Gasteiger partial charge in [-0.2, -0.15) is 0 Å². The van der Waals surface area contributed by atoms with E-state index in [-0.39, 0.29) is 22.8 Å². The van der Waals surface area contributed by atoms with E-state index in [2.05, 4.69) is 60.7 Å². The minimum atomic E-state index is -1.17. The molecule has 2 atom stereocenters. The van der Waals surface area contributed by atoms with E-state index in [0.717, 1.165) is 32.4 Å². The van der Waals surface area contributed by atoms with Crippen molar-refractivity contribution in [2.24, 2.45) is 12.5 Å². The summed E-state index contributed by atoms with van der Waals surface area (Å²) in [7, 11) is 0.728. The molecule has 8 nitrogen and oxygen atoms in total. The Kier molecular flexibility index (Phi) is 6.92. The van der Waals surface area contributed by atoms with Crippen LogP contribution in [-0.4, -0.2) is 46.7 Å². The summed E-state index contributed by atoms with van der Waals surface area (Å²) in [5.41, 5.74) is 4.29. The summed E-state index contributed by atoms with van der Waals surface area (Å²) >= 11 is 0. The highest BCUT2D eigenvalue weighted by atomic mass is 32.2. The fourth-order valence-electron chi connectivity index (χ4n) is 5.35. The standard InChI is InChI=1S/C28H34N6O2S/c1-27(2,3)37(36)32-25-23-8-6-5-7-20(23)15-28(25)11-13-34(14-12-28)26-24(18-35)31-21(16-29-26)9-10-22-17-33(4)19-30-22/h5-8,16-17,19,25,32,35H,11-15,18H2,1-4H3/t25-,37?/m1/s1. The summed E-state index contributed by atoms with van der Waals surface area (Å²) in [5, 5.41) is 10.1. The number of rotatable bonds is 4. The average molecular weight is 519 g/mol. The van der Waals surface area contributed by atoms with Crippen molar-refractivity contribution in [3.63, 3.8) is 0 Å². The van der Waals surface area contributed by atoms with Gasteiger partial charge in [-0.05, 0) is 68.4 Å². The van der Waals surface area contributed by atoms with E-state index in [1.54, 1.807) is 12.5 Å². The second-order valence-corrected chi connectivity index (χ2v) is 13.0. The van der Waals surface area contributed by atoms with E-state index in [4.69, 9.17) is 0 Å². The maximum atomic E-state index is 13.1. The number of aliphatic hydroxyl groups excluding tert-OH is 1. The van der Waals surface area contributed by atoms with Gasteiger partial charge in [0.05, 0.1) is 40.9 Å². The first-order valence-electron chi connectivity index (χ1n) is 12.7. The Morgan fingerprint density at radius 1 is 1.16 bits per heavy atom. The van der Waals surface area contributed by atoms with Crippen LogP contribution in [0.15, 0.2) is 43.0 Å². The number of aromatic nitrogens is 4. The Labute approximate surface area is 221 Å². The lowest BCUT2D eigenvalue weighted by Crippen LogP contribution is -2.48. The highest BCUT2D eigenvalue weighted by Crippen LogP contribution is 2.52. The maximum absolute atomic E-state index is 13.1. The molecular weight excluding hydrogens is 484 g/mol. The molecule has 194 valence electrons. The third-order valence-corrected chi connectivity index (χ3v) is 8.92. The summed E-state index contributed by atoms with van der Waals surface area (Å²) in [6.07, 6.45) is 8.02. The number of anilines is 1. The Morgan fingerprint density at radius 2 is 1.89 bits per heavy atom. The minimum absolute atomic E-state index is 0.0119. The van der Waals surface area contributed by atoms with Crippen LogP contribution in [0.3, 0.4) is 0 Å². The van der Waals surface area contributed by atoms with E-state index in [9.17, 15) is 9.32 Å². The first-order chi connectivity index (χ1) is 17.7. The molecule has 3 heterocycles. The Morgan fingerprint density at radius 3 is 2.57 bits per heavy atom. The highest BCUT2D eigenvalue weighted by molar-refractivity contribution is 7.84. The van der Waals surface area contributed by atoms with Crippen LogP contribution in [-0.2, 0) is 31.1 Å². The summed E-state index contributed by atoms with van der Waals surface area (Å²) in [6, 6.07) is 8.58. The molecule has 9 heteroatoms. The Balaban J connectivity index is 1.35. The van der Waals surface area contributed by atoms with Crippen molar-refractivity contribution in [3.05, 3.63) is 71.2 Å². The van der Waals surface area contributed by atoms with Crippen LogP contribution in [0.2, 0.25) is 0 Å². The fourth-order valence-corrected chi connectivity index (χ4v) is 6.29. The number of hydrogen-bond acceptors (Lipinski definition) is 6. The number of nitrogens with zero attached hydrogens (tertiary/aromatic N) is 5. The summed E-state index contributed by atoms with van der Waals surface area (Å²) < 4.78 is 18.1. The smallest absolute Gasteiger partial charge is 0.152 e. The summed E-state index contributed by atoms with van der Waals surface area (Å²) in [6.45, 7) is 7.39. The van der Waals surface area contributed by atoms with Gasteiger partial charge in [-0.1, -0.05) is 24.3 Å². The molecule has 0 bridgehead atoms. The van der Waals surface area contributed by atoms with Crippen LogP contribution in [0.1, 0.15) is 67.9 Å². The van der Waals surface area contributed by atoms with Crippen LogP contribution >= 0.6 is 0 Å². The van der Waals surface area contributed by atoms with E-state index < -0.39 is 11.0 Å². The third kappa shape index (κ3) is 5.19. The Hall–Kier alpha value is -3.06. The number of aryl methyl sites for hydroxylation is 1. The zero-order valence-electron chi connectivity index (χ0n) is 21.9. The first-order valence-corrected chi connectivity index (χ1v) is 13.8. The molecule has 1 fully saturated rings. The molecule has 0 amide bonds. The van der Waals surface area contributed by atoms with Gasteiger partial charge >= 0.3 is 0 Å². The molecule has 3 aromatic rings. The van der Waals surface area contributed by atoms with Crippen molar-refractivity contribution in [3.8, 4) is 11.8 Å². The summed E-state index contributed by atoms with van der Waals surface area (Å²) in [5.74, 6) is 6.70. The van der Waals surface area contributed by atoms with E-state index in [1.165, 1.54) is 11.1 Å². The predicted molar refractivity (Wildman–Crippen MR) is 145 cm³/mol. The molecule has 1 spiro atoms. The molecule has 2 aliphatic rings. The minimum Gasteiger partial charge on any atom is -0.390 e. The molecule has 1 saturated heterocycles. The molecule has 0 radical (unpaired) electrons. The van der Waals surface area contributed by atoms with Gasteiger partial charge in [0.15, 0.2) is 5.82 Å². The summed E-state index contributed by atoms with van der Waals surface area (Å²) in [4.78, 5) is 15.7. The van der Waals surface area contributed by atoms with Gasteiger partial charge in [-0.15, -0.1) is 0 Å². The van der Waals surface area contributed by atoms with Gasteiger partial charge in [0.2, 0.25) is 0 Å². The van der Waals surface area contributed by atoms with Gasteiger partial charge < -0.3 is 14.6 Å². The van der Waals surface area contributed by atoms with Crippen molar-refractivity contribution in [1.82, 2.24) is 24.2 Å². The van der Waals surface area contributed by atoms with E-state index >= 15 is 0 Å². The molecule has 5 rings (SSSR count). The quantitative estimate of drug-likeness (QED) is 0.516. The molecule has 2 N–H and O–H groups in total. The van der Waals surface area contributed by atoms with Crippen LogP contribution in [0.25, 0.3) is 0 Å². The molecule has 2 aromatic heterocycles. The molecule has 1 unspecified atom stereocenters. The molecular formula is C28H34N6O2S. The number of hydrogen-bond donors (Lipinski definition) is 2. The van der Waals surface area contributed by atoms with Crippen LogP contribution in [0, 0.1) is 17.3 Å². The van der Waals surface area contributed by atoms with Crippen molar-refractivity contribution in [2.45, 2.75) is 57.4 Å². The fraction of sp³-hybridized carbons (Fsp3) is 0.464. The van der Waals surface area contributed by atoms with Gasteiger partial charge in [-0.25, -0.2) is 23.9 Å². The van der Waals surface area contributed by atoms with Crippen LogP contribution in [0.5, 0.6) is 0 Å². The second-order valence-electron chi connectivity index (χ2n) is 11.0. The number of aliphatic hydroxyl groups is 1. The van der Waals surface area contributed by atoms with Gasteiger partial charge in [0.1, 0.15) is 17.1 Å².